The Morgan fingerprint density at radius 1 is 1.00 bits per heavy atom. The lowest BCUT2D eigenvalue weighted by Gasteiger charge is -2.07. The highest BCUT2D eigenvalue weighted by molar-refractivity contribution is 7.98. The van der Waals surface area contributed by atoms with Crippen LogP contribution in [0, 0.1) is 5.92 Å². The lowest BCUT2D eigenvalue weighted by molar-refractivity contribution is -0.146. The molecule has 0 aliphatic heterocycles. The molecule has 0 heterocycles. The summed E-state index contributed by atoms with van der Waals surface area (Å²) in [5, 5.41) is 0. The van der Waals surface area contributed by atoms with Crippen LogP contribution < -0.4 is 5.73 Å². The van der Waals surface area contributed by atoms with Gasteiger partial charge in [-0.05, 0) is 26.4 Å². The van der Waals surface area contributed by atoms with Gasteiger partial charge in [-0.3, -0.25) is 9.59 Å². The Labute approximate surface area is 130 Å². The van der Waals surface area contributed by atoms with E-state index in [2.05, 4.69) is 4.74 Å². The molecule has 0 aliphatic rings. The topological polar surface area (TPSA) is 78.6 Å². The van der Waals surface area contributed by atoms with Crippen molar-refractivity contribution in [3.8, 4) is 0 Å². The molecular weight excluding hydrogens is 298 g/mol. The van der Waals surface area contributed by atoms with E-state index in [0.29, 0.717) is 19.0 Å². The molecule has 7 heteroatoms. The number of hydrogen-bond acceptors (Lipinski definition) is 7. The number of rotatable bonds is 8. The maximum absolute atomic E-state index is 10.9. The van der Waals surface area contributed by atoms with E-state index in [1.807, 2.05) is 26.4 Å². The molecule has 0 bridgehead atoms. The van der Waals surface area contributed by atoms with Gasteiger partial charge >= 0.3 is 11.9 Å². The first-order chi connectivity index (χ1) is 9.44. The van der Waals surface area contributed by atoms with Gasteiger partial charge in [0.1, 0.15) is 6.04 Å². The molecule has 0 aliphatic carbocycles. The zero-order valence-corrected chi connectivity index (χ0v) is 14.6. The summed E-state index contributed by atoms with van der Waals surface area (Å²) in [4.78, 5) is 21.7. The van der Waals surface area contributed by atoms with Gasteiger partial charge in [0.15, 0.2) is 0 Å². The minimum Gasteiger partial charge on any atom is -0.466 e. The third kappa shape index (κ3) is 12.6. The fraction of sp³-hybridized carbons (Fsp3) is 0.846. The molecule has 0 saturated carbocycles. The van der Waals surface area contributed by atoms with Crippen LogP contribution >= 0.6 is 23.5 Å². The smallest absolute Gasteiger partial charge is 0.323 e. The minimum atomic E-state index is -0.463. The van der Waals surface area contributed by atoms with Gasteiger partial charge in [-0.25, -0.2) is 0 Å². The van der Waals surface area contributed by atoms with Crippen LogP contribution in [0.15, 0.2) is 0 Å². The lowest BCUT2D eigenvalue weighted by atomic mass is 10.2. The molecule has 20 heavy (non-hydrogen) atoms. The SMILES string of the molecule is CCOC(=O)[C@H](C)CSC.CCOC(=O)[C@H](N)CSC. The van der Waals surface area contributed by atoms with Crippen molar-refractivity contribution in [1.29, 1.82) is 0 Å². The van der Waals surface area contributed by atoms with Crippen molar-refractivity contribution in [2.75, 3.05) is 37.2 Å². The van der Waals surface area contributed by atoms with E-state index in [0.717, 1.165) is 5.75 Å². The van der Waals surface area contributed by atoms with Crippen LogP contribution in [-0.2, 0) is 19.1 Å². The molecule has 2 N–H and O–H groups in total. The average Bonchev–Trinajstić information content (AvgIpc) is 2.40. The number of nitrogens with two attached hydrogens (primary N) is 1. The molecule has 120 valence electrons. The second kappa shape index (κ2) is 15.0. The molecule has 0 unspecified atom stereocenters. The summed E-state index contributed by atoms with van der Waals surface area (Å²) < 4.78 is 9.48. The van der Waals surface area contributed by atoms with Crippen molar-refractivity contribution in [2.45, 2.75) is 26.8 Å². The standard InChI is InChI=1S/C7H14O2S.C6H13NO2S/c1-4-9-7(8)6(2)5-10-3;1-3-9-6(8)5(7)4-10-2/h6H,4-5H2,1-3H3;5H,3-4,7H2,1-2H3/t6-;5-/m11/s1. The Bertz CT molecular complexity index is 239. The summed E-state index contributed by atoms with van der Waals surface area (Å²) in [5.74, 6) is 1.11. The summed E-state index contributed by atoms with van der Waals surface area (Å²) in [6.07, 6.45) is 3.88. The molecule has 2 atom stereocenters. The summed E-state index contributed by atoms with van der Waals surface area (Å²) in [6, 6.07) is -0.463. The van der Waals surface area contributed by atoms with Crippen molar-refractivity contribution in [1.82, 2.24) is 0 Å². The Kier molecular flexibility index (Phi) is 16.4. The highest BCUT2D eigenvalue weighted by atomic mass is 32.2. The molecular formula is C13H27NO4S2. The van der Waals surface area contributed by atoms with E-state index < -0.39 is 6.04 Å². The van der Waals surface area contributed by atoms with E-state index in [-0.39, 0.29) is 17.9 Å². The Morgan fingerprint density at radius 2 is 1.45 bits per heavy atom. The van der Waals surface area contributed by atoms with Crippen molar-refractivity contribution in [3.63, 3.8) is 0 Å². The molecule has 0 fully saturated rings. The van der Waals surface area contributed by atoms with Crippen LogP contribution in [0.5, 0.6) is 0 Å². The Hall–Kier alpha value is -0.400. The highest BCUT2D eigenvalue weighted by Gasteiger charge is 2.12. The Balaban J connectivity index is 0. The first-order valence-electron chi connectivity index (χ1n) is 6.51. The Morgan fingerprint density at radius 3 is 1.85 bits per heavy atom. The average molecular weight is 325 g/mol. The van der Waals surface area contributed by atoms with Crippen molar-refractivity contribution in [2.24, 2.45) is 11.7 Å². The van der Waals surface area contributed by atoms with E-state index in [1.165, 1.54) is 11.8 Å². The van der Waals surface area contributed by atoms with Gasteiger partial charge in [0.2, 0.25) is 0 Å². The predicted molar refractivity (Wildman–Crippen MR) is 87.2 cm³/mol. The van der Waals surface area contributed by atoms with Crippen LogP contribution in [0.2, 0.25) is 0 Å². The quantitative estimate of drug-likeness (QED) is 0.682. The van der Waals surface area contributed by atoms with Crippen LogP contribution in [0.25, 0.3) is 0 Å². The van der Waals surface area contributed by atoms with E-state index in [9.17, 15) is 9.59 Å². The monoisotopic (exact) mass is 325 g/mol. The maximum Gasteiger partial charge on any atom is 0.323 e. The van der Waals surface area contributed by atoms with Crippen molar-refractivity contribution in [3.05, 3.63) is 0 Å². The molecule has 0 aromatic heterocycles. The number of ether oxygens (including phenoxy) is 2. The van der Waals surface area contributed by atoms with Crippen LogP contribution in [0.4, 0.5) is 0 Å². The second-order valence-electron chi connectivity index (χ2n) is 3.92. The summed E-state index contributed by atoms with van der Waals surface area (Å²) in [5.41, 5.74) is 5.42. The summed E-state index contributed by atoms with van der Waals surface area (Å²) >= 11 is 3.20. The number of esters is 2. The van der Waals surface area contributed by atoms with E-state index in [1.54, 1.807) is 18.7 Å². The van der Waals surface area contributed by atoms with E-state index >= 15 is 0 Å². The number of carbonyl (C=O) groups is 2. The van der Waals surface area contributed by atoms with Crippen molar-refractivity contribution >= 4 is 35.5 Å². The first kappa shape index (κ1) is 21.9. The zero-order chi connectivity index (χ0) is 16.0. The van der Waals surface area contributed by atoms with Gasteiger partial charge in [-0.1, -0.05) is 6.92 Å². The van der Waals surface area contributed by atoms with Gasteiger partial charge in [0.05, 0.1) is 19.1 Å². The largest absolute Gasteiger partial charge is 0.466 e. The van der Waals surface area contributed by atoms with Gasteiger partial charge in [0.25, 0.3) is 0 Å². The van der Waals surface area contributed by atoms with E-state index in [4.69, 9.17) is 10.5 Å². The summed E-state index contributed by atoms with van der Waals surface area (Å²) in [7, 11) is 0. The first-order valence-corrected chi connectivity index (χ1v) is 9.29. The van der Waals surface area contributed by atoms with Crippen LogP contribution in [0.3, 0.4) is 0 Å². The lowest BCUT2D eigenvalue weighted by Crippen LogP contribution is -2.34. The zero-order valence-electron chi connectivity index (χ0n) is 13.0. The van der Waals surface area contributed by atoms with Gasteiger partial charge in [-0.15, -0.1) is 0 Å². The molecule has 0 aromatic rings. The van der Waals surface area contributed by atoms with Crippen LogP contribution in [0.1, 0.15) is 20.8 Å². The third-order valence-electron chi connectivity index (χ3n) is 2.04. The normalized spacial score (nSPS) is 12.7. The van der Waals surface area contributed by atoms with Crippen molar-refractivity contribution < 1.29 is 19.1 Å². The number of thioether (sulfide) groups is 2. The fourth-order valence-corrected chi connectivity index (χ4v) is 2.23. The van der Waals surface area contributed by atoms with Crippen LogP contribution in [-0.4, -0.2) is 55.2 Å². The minimum absolute atomic E-state index is 0.0370. The summed E-state index contributed by atoms with van der Waals surface area (Å²) in [6.45, 7) is 6.36. The number of carbonyl (C=O) groups excluding carboxylic acids is 2. The molecule has 0 rings (SSSR count). The predicted octanol–water partition coefficient (Wildman–Crippen LogP) is 1.79. The van der Waals surface area contributed by atoms with Gasteiger partial charge < -0.3 is 15.2 Å². The fourth-order valence-electron chi connectivity index (χ4n) is 1.10. The molecule has 0 spiro atoms. The highest BCUT2D eigenvalue weighted by Crippen LogP contribution is 2.05. The van der Waals surface area contributed by atoms with Gasteiger partial charge in [0, 0.05) is 11.5 Å². The van der Waals surface area contributed by atoms with Gasteiger partial charge in [-0.2, -0.15) is 23.5 Å². The molecule has 0 radical (unpaired) electrons. The molecule has 0 aromatic carbocycles. The molecule has 0 saturated heterocycles. The maximum atomic E-state index is 10.9. The molecule has 5 nitrogen and oxygen atoms in total. The third-order valence-corrected chi connectivity index (χ3v) is 3.57. The number of hydrogen-bond donors (Lipinski definition) is 1. The molecule has 0 amide bonds. The second-order valence-corrected chi connectivity index (χ2v) is 5.74.